The van der Waals surface area contributed by atoms with Gasteiger partial charge in [-0.25, -0.2) is 0 Å². The molecule has 41 heavy (non-hydrogen) atoms. The fraction of sp³-hybridized carbons (Fsp3) is 0.444. The summed E-state index contributed by atoms with van der Waals surface area (Å²) in [5.41, 5.74) is -0.456. The summed E-state index contributed by atoms with van der Waals surface area (Å²) in [7, 11) is 0. The van der Waals surface area contributed by atoms with Crippen LogP contribution in [0.1, 0.15) is 24.8 Å². The van der Waals surface area contributed by atoms with E-state index in [4.69, 9.17) is 25.8 Å². The Morgan fingerprint density at radius 1 is 1.20 bits per heavy atom. The molecule has 0 radical (unpaired) electrons. The molecule has 3 aliphatic rings. The molecule has 0 spiro atoms. The monoisotopic (exact) mass is 673 g/mol. The van der Waals surface area contributed by atoms with Crippen LogP contribution in [0.5, 0.6) is 5.75 Å². The molecule has 8 nitrogen and oxygen atoms in total. The second kappa shape index (κ2) is 11.6. The van der Waals surface area contributed by atoms with Gasteiger partial charge in [0.2, 0.25) is 5.91 Å². The Kier molecular flexibility index (Phi) is 8.51. The molecule has 2 heterocycles. The topological polar surface area (TPSA) is 101 Å². The van der Waals surface area contributed by atoms with E-state index in [-0.39, 0.29) is 42.2 Å². The van der Waals surface area contributed by atoms with Gasteiger partial charge in [-0.15, -0.1) is 11.8 Å². The number of hydrogen-bond donors (Lipinski definition) is 1. The molecular weight excluding hydrogens is 651 g/mol. The highest BCUT2D eigenvalue weighted by Gasteiger charge is 2.54. The van der Waals surface area contributed by atoms with Gasteiger partial charge in [-0.3, -0.25) is 9.59 Å². The second-order valence-corrected chi connectivity index (χ2v) is 12.6. The molecule has 2 amide bonds. The van der Waals surface area contributed by atoms with Crippen LogP contribution in [0, 0.1) is 11.3 Å². The van der Waals surface area contributed by atoms with Gasteiger partial charge in [-0.2, -0.15) is 18.4 Å². The average Bonchev–Trinajstić information content (AvgIpc) is 3.32. The zero-order chi connectivity index (χ0) is 29.4. The smallest absolute Gasteiger partial charge is 0.422 e. The predicted octanol–water partition coefficient (Wildman–Crippen LogP) is 5.18. The summed E-state index contributed by atoms with van der Waals surface area (Å²) in [5, 5.41) is 12.2. The van der Waals surface area contributed by atoms with E-state index in [2.05, 4.69) is 27.3 Å². The number of halogens is 5. The number of amides is 2. The zero-order valence-electron chi connectivity index (χ0n) is 21.4. The van der Waals surface area contributed by atoms with Gasteiger partial charge in [0.15, 0.2) is 6.61 Å². The number of likely N-dealkylation sites (tertiary alicyclic amines) is 1. The van der Waals surface area contributed by atoms with Gasteiger partial charge in [0.05, 0.1) is 24.3 Å². The van der Waals surface area contributed by atoms with Gasteiger partial charge in [-0.1, -0.05) is 39.7 Å². The summed E-state index contributed by atoms with van der Waals surface area (Å²) in [6, 6.07) is 12.4. The van der Waals surface area contributed by atoms with Crippen LogP contribution in [0.15, 0.2) is 51.8 Å². The van der Waals surface area contributed by atoms with Crippen molar-refractivity contribution < 1.29 is 37.0 Å². The summed E-state index contributed by atoms with van der Waals surface area (Å²) in [6.45, 7) is -0.948. The number of carbonyl (C=O) groups is 2. The van der Waals surface area contributed by atoms with E-state index in [1.165, 1.54) is 28.8 Å². The summed E-state index contributed by atoms with van der Waals surface area (Å²) in [4.78, 5) is 29.6. The fourth-order valence-corrected chi connectivity index (χ4v) is 6.52. The largest absolute Gasteiger partial charge is 0.484 e. The minimum absolute atomic E-state index is 0.0321. The van der Waals surface area contributed by atoms with Gasteiger partial charge in [0.25, 0.3) is 11.7 Å². The number of nitrogens with one attached hydrogen (secondary N) is 1. The lowest BCUT2D eigenvalue weighted by molar-refractivity contribution is -0.199. The molecule has 218 valence electrons. The van der Waals surface area contributed by atoms with Crippen molar-refractivity contribution in [2.45, 2.75) is 53.0 Å². The summed E-state index contributed by atoms with van der Waals surface area (Å²) < 4.78 is 55.0. The van der Waals surface area contributed by atoms with Crippen LogP contribution < -0.4 is 10.1 Å². The number of benzene rings is 2. The van der Waals surface area contributed by atoms with Crippen molar-refractivity contribution in [3.63, 3.8) is 0 Å². The number of carbonyl (C=O) groups excluding carboxylic acids is 2. The number of hydrogen-bond acceptors (Lipinski definition) is 7. The molecule has 1 saturated carbocycles. The molecule has 5 rings (SSSR count). The van der Waals surface area contributed by atoms with E-state index in [9.17, 15) is 28.0 Å². The highest BCUT2D eigenvalue weighted by molar-refractivity contribution is 9.10. The van der Waals surface area contributed by atoms with E-state index in [1.54, 1.807) is 30.3 Å². The first-order valence-corrected chi connectivity index (χ1v) is 14.7. The van der Waals surface area contributed by atoms with Gasteiger partial charge < -0.3 is 24.4 Å². The van der Waals surface area contributed by atoms with Crippen LogP contribution in [-0.2, 0) is 24.8 Å². The quantitative estimate of drug-likeness (QED) is 0.412. The third kappa shape index (κ3) is 6.62. The number of nitriles is 1. The number of ether oxygens (including phenoxy) is 3. The maximum atomic E-state index is 14.2. The van der Waals surface area contributed by atoms with Crippen molar-refractivity contribution in [3.05, 3.63) is 57.5 Å². The molecular formula is C27H24BrClF3N3O5S. The lowest BCUT2D eigenvalue weighted by atomic mass is 10.0. The van der Waals surface area contributed by atoms with Crippen LogP contribution in [0.2, 0.25) is 5.02 Å². The Morgan fingerprint density at radius 2 is 1.88 bits per heavy atom. The van der Waals surface area contributed by atoms with E-state index < -0.39 is 42.0 Å². The molecule has 2 aromatic carbocycles. The molecule has 2 aromatic rings. The van der Waals surface area contributed by atoms with Crippen LogP contribution in [0.3, 0.4) is 0 Å². The highest BCUT2D eigenvalue weighted by atomic mass is 79.9. The maximum absolute atomic E-state index is 14.2. The molecule has 0 unspecified atom stereocenters. The molecule has 1 N–H and O–H groups in total. The van der Waals surface area contributed by atoms with Crippen molar-refractivity contribution in [2.24, 2.45) is 0 Å². The van der Waals surface area contributed by atoms with E-state index in [0.29, 0.717) is 23.3 Å². The first-order valence-electron chi connectivity index (χ1n) is 12.7. The Hall–Kier alpha value is -2.50. The summed E-state index contributed by atoms with van der Waals surface area (Å²) >= 11 is 11.0. The van der Waals surface area contributed by atoms with Crippen molar-refractivity contribution in [1.82, 2.24) is 10.2 Å². The third-order valence-electron chi connectivity index (χ3n) is 6.95. The van der Waals surface area contributed by atoms with Gasteiger partial charge >= 0.3 is 6.18 Å². The molecule has 2 aliphatic heterocycles. The number of rotatable bonds is 8. The molecule has 2 atom stereocenters. The average molecular weight is 675 g/mol. The summed E-state index contributed by atoms with van der Waals surface area (Å²) in [5.74, 6) is -2.76. The van der Waals surface area contributed by atoms with E-state index in [0.717, 1.165) is 4.47 Å². The van der Waals surface area contributed by atoms with Crippen molar-refractivity contribution >= 4 is 51.1 Å². The number of thioether (sulfide) groups is 1. The van der Waals surface area contributed by atoms with Crippen molar-refractivity contribution in [2.75, 3.05) is 26.4 Å². The standard InChI is InChI=1S/C27H24BrClF3N3O5S/c28-17-3-1-16(2-4-17)27(39-9-10-40-27)24(37)35-13-19(12-21(35)23(36)34-25(14-33)7-8-25)41-22-6-5-18(11-20(22)29)38-15-26(30,31)32/h1-6,11,19,21H,7-10,12-13,15H2,(H,34,36)/t19-,21+/m1/s1. The van der Waals surface area contributed by atoms with Crippen molar-refractivity contribution in [3.8, 4) is 11.8 Å². The zero-order valence-corrected chi connectivity index (χ0v) is 24.5. The molecule has 14 heteroatoms. The molecule has 1 aliphatic carbocycles. The second-order valence-electron chi connectivity index (χ2n) is 9.95. The van der Waals surface area contributed by atoms with Gasteiger partial charge in [0.1, 0.15) is 17.3 Å². The SMILES string of the molecule is N#CC1(NC(=O)[C@@H]2C[C@@H](Sc3ccc(OCC(F)(F)F)cc3Cl)CN2C(=O)C2(c3ccc(Br)cc3)OCCO2)CC1. The minimum atomic E-state index is -4.49. The summed E-state index contributed by atoms with van der Waals surface area (Å²) in [6.07, 6.45) is -3.19. The lowest BCUT2D eigenvalue weighted by Crippen LogP contribution is -2.55. The van der Waals surface area contributed by atoms with Crippen molar-refractivity contribution in [1.29, 1.82) is 5.26 Å². The minimum Gasteiger partial charge on any atom is -0.484 e. The van der Waals surface area contributed by atoms with Crippen LogP contribution >= 0.6 is 39.3 Å². The third-order valence-corrected chi connectivity index (χ3v) is 9.19. The highest BCUT2D eigenvalue weighted by Crippen LogP contribution is 2.42. The Labute approximate surface area is 251 Å². The Balaban J connectivity index is 1.38. The number of alkyl halides is 3. The lowest BCUT2D eigenvalue weighted by Gasteiger charge is -2.33. The van der Waals surface area contributed by atoms with Gasteiger partial charge in [-0.05, 0) is 49.6 Å². The van der Waals surface area contributed by atoms with Crippen LogP contribution in [0.25, 0.3) is 0 Å². The first kappa shape index (κ1) is 30.0. The van der Waals surface area contributed by atoms with E-state index in [1.807, 2.05) is 0 Å². The van der Waals surface area contributed by atoms with Crippen LogP contribution in [0.4, 0.5) is 13.2 Å². The molecule has 2 saturated heterocycles. The van der Waals surface area contributed by atoms with E-state index >= 15 is 0 Å². The molecule has 3 fully saturated rings. The normalized spacial score (nSPS) is 22.7. The predicted molar refractivity (Wildman–Crippen MR) is 146 cm³/mol. The molecule has 0 aromatic heterocycles. The van der Waals surface area contributed by atoms with Crippen LogP contribution in [-0.4, -0.2) is 66.1 Å². The Bertz CT molecular complexity index is 1360. The fourth-order valence-electron chi connectivity index (χ4n) is 4.76. The molecule has 0 bridgehead atoms. The van der Waals surface area contributed by atoms with Gasteiger partial charge in [0, 0.05) is 26.7 Å². The maximum Gasteiger partial charge on any atom is 0.422 e. The Morgan fingerprint density at radius 3 is 2.46 bits per heavy atom. The first-order chi connectivity index (χ1) is 19.4. The number of nitrogens with zero attached hydrogens (tertiary/aromatic N) is 2.